The van der Waals surface area contributed by atoms with E-state index in [0.29, 0.717) is 17.7 Å². The van der Waals surface area contributed by atoms with Crippen molar-refractivity contribution in [3.8, 4) is 0 Å². The van der Waals surface area contributed by atoms with Gasteiger partial charge in [-0.1, -0.05) is 13.0 Å². The highest BCUT2D eigenvalue weighted by molar-refractivity contribution is 5.23. The summed E-state index contributed by atoms with van der Waals surface area (Å²) in [4.78, 5) is 3.45. The topological polar surface area (TPSA) is 33.1 Å². The quantitative estimate of drug-likeness (QED) is 0.802. The first-order chi connectivity index (χ1) is 6.49. The number of aromatic nitrogens is 1. The van der Waals surface area contributed by atoms with Crippen molar-refractivity contribution in [2.75, 3.05) is 0 Å². The van der Waals surface area contributed by atoms with Gasteiger partial charge in [0.2, 0.25) is 0 Å². The highest BCUT2D eigenvalue weighted by atomic mass is 19.4. The van der Waals surface area contributed by atoms with Crippen molar-refractivity contribution in [2.45, 2.75) is 26.1 Å². The molecule has 0 bridgehead atoms. The smallest absolute Gasteiger partial charge is 0.392 e. The van der Waals surface area contributed by atoms with Crippen LogP contribution in [0.1, 0.15) is 23.9 Å². The zero-order valence-electron chi connectivity index (χ0n) is 7.60. The van der Waals surface area contributed by atoms with Crippen molar-refractivity contribution in [1.29, 1.82) is 0 Å². The van der Waals surface area contributed by atoms with Crippen molar-refractivity contribution in [3.05, 3.63) is 29.1 Å². The number of halogens is 3. The first kappa shape index (κ1) is 11.0. The van der Waals surface area contributed by atoms with Gasteiger partial charge in [-0.25, -0.2) is 4.98 Å². The van der Waals surface area contributed by atoms with Gasteiger partial charge >= 0.3 is 6.18 Å². The third-order valence-corrected chi connectivity index (χ3v) is 1.86. The largest absolute Gasteiger partial charge is 0.433 e. The average molecular weight is 205 g/mol. The Bertz CT molecular complexity index is 322. The lowest BCUT2D eigenvalue weighted by Gasteiger charge is -2.09. The Hall–Kier alpha value is -1.10. The predicted molar refractivity (Wildman–Crippen MR) is 44.5 cm³/mol. The van der Waals surface area contributed by atoms with Crippen molar-refractivity contribution in [3.63, 3.8) is 0 Å². The molecule has 0 atom stereocenters. The van der Waals surface area contributed by atoms with E-state index in [1.807, 2.05) is 0 Å². The van der Waals surface area contributed by atoms with E-state index in [-0.39, 0.29) is 6.61 Å². The number of hydrogen-bond acceptors (Lipinski definition) is 2. The summed E-state index contributed by atoms with van der Waals surface area (Å²) in [5, 5.41) is 8.82. The third-order valence-electron chi connectivity index (χ3n) is 1.86. The van der Waals surface area contributed by atoms with Crippen molar-refractivity contribution in [2.24, 2.45) is 0 Å². The first-order valence-electron chi connectivity index (χ1n) is 4.16. The lowest BCUT2D eigenvalue weighted by molar-refractivity contribution is -0.141. The normalized spacial score (nSPS) is 11.8. The molecule has 1 heterocycles. The van der Waals surface area contributed by atoms with Gasteiger partial charge in [-0.2, -0.15) is 13.2 Å². The van der Waals surface area contributed by atoms with Crippen molar-refractivity contribution in [1.82, 2.24) is 4.98 Å². The Morgan fingerprint density at radius 3 is 2.43 bits per heavy atom. The molecular formula is C9H10F3NO. The van der Waals surface area contributed by atoms with E-state index in [1.165, 1.54) is 6.07 Å². The second-order valence-corrected chi connectivity index (χ2v) is 2.81. The molecule has 0 saturated carbocycles. The molecule has 78 valence electrons. The Morgan fingerprint density at radius 1 is 1.36 bits per heavy atom. The molecule has 5 heteroatoms. The van der Waals surface area contributed by atoms with Crippen LogP contribution in [-0.2, 0) is 19.2 Å². The summed E-state index contributed by atoms with van der Waals surface area (Å²) in [5.74, 6) is 0. The molecular weight excluding hydrogens is 195 g/mol. The number of hydrogen-bond donors (Lipinski definition) is 1. The maximum atomic E-state index is 12.2. The molecule has 0 aliphatic heterocycles. The lowest BCUT2D eigenvalue weighted by Crippen LogP contribution is -2.10. The summed E-state index contributed by atoms with van der Waals surface area (Å²) in [7, 11) is 0. The highest BCUT2D eigenvalue weighted by Gasteiger charge is 2.32. The number of alkyl halides is 3. The van der Waals surface area contributed by atoms with E-state index in [4.69, 9.17) is 5.11 Å². The van der Waals surface area contributed by atoms with Crippen LogP contribution in [0.25, 0.3) is 0 Å². The molecule has 0 spiro atoms. The molecule has 2 nitrogen and oxygen atoms in total. The molecule has 0 aliphatic rings. The number of rotatable bonds is 2. The minimum absolute atomic E-state index is 0.283. The second kappa shape index (κ2) is 3.96. The van der Waals surface area contributed by atoms with Gasteiger partial charge in [0.05, 0.1) is 6.61 Å². The van der Waals surface area contributed by atoms with Crippen LogP contribution in [0.4, 0.5) is 13.2 Å². The zero-order valence-corrected chi connectivity index (χ0v) is 7.60. The Balaban J connectivity index is 3.14. The van der Waals surface area contributed by atoms with E-state index in [1.54, 1.807) is 6.92 Å². The summed E-state index contributed by atoms with van der Waals surface area (Å²) < 4.78 is 36.6. The van der Waals surface area contributed by atoms with Gasteiger partial charge in [0, 0.05) is 5.69 Å². The van der Waals surface area contributed by atoms with Gasteiger partial charge < -0.3 is 5.11 Å². The number of aliphatic hydroxyl groups is 1. The minimum atomic E-state index is -4.42. The molecule has 1 aromatic heterocycles. The maximum absolute atomic E-state index is 12.2. The molecule has 14 heavy (non-hydrogen) atoms. The monoisotopic (exact) mass is 205 g/mol. The molecule has 0 saturated heterocycles. The third kappa shape index (κ3) is 2.23. The zero-order chi connectivity index (χ0) is 10.8. The van der Waals surface area contributed by atoms with Gasteiger partial charge in [0.1, 0.15) is 5.69 Å². The number of pyridine rings is 1. The Labute approximate surface area is 79.4 Å². The summed E-state index contributed by atoms with van der Waals surface area (Å²) in [6.45, 7) is 1.41. The van der Waals surface area contributed by atoms with Gasteiger partial charge in [-0.05, 0) is 18.1 Å². The molecule has 0 unspecified atom stereocenters. The fourth-order valence-corrected chi connectivity index (χ4v) is 1.14. The van der Waals surface area contributed by atoms with Crippen LogP contribution in [-0.4, -0.2) is 10.1 Å². The van der Waals surface area contributed by atoms with Crippen LogP contribution in [0.15, 0.2) is 12.1 Å². The summed E-state index contributed by atoms with van der Waals surface area (Å²) >= 11 is 0. The van der Waals surface area contributed by atoms with Gasteiger partial charge in [0.15, 0.2) is 0 Å². The molecule has 1 aromatic rings. The summed E-state index contributed by atoms with van der Waals surface area (Å²) in [6.07, 6.45) is -4.04. The van der Waals surface area contributed by atoms with Crippen LogP contribution >= 0.6 is 0 Å². The molecule has 0 aliphatic carbocycles. The fourth-order valence-electron chi connectivity index (χ4n) is 1.14. The Morgan fingerprint density at radius 2 is 2.00 bits per heavy atom. The molecule has 0 amide bonds. The molecule has 0 aromatic carbocycles. The van der Waals surface area contributed by atoms with Crippen LogP contribution < -0.4 is 0 Å². The van der Waals surface area contributed by atoms with Gasteiger partial charge in [-0.15, -0.1) is 0 Å². The van der Waals surface area contributed by atoms with E-state index in [0.717, 1.165) is 6.07 Å². The first-order valence-corrected chi connectivity index (χ1v) is 4.16. The molecule has 1 rings (SSSR count). The van der Waals surface area contributed by atoms with Crippen molar-refractivity contribution < 1.29 is 18.3 Å². The summed E-state index contributed by atoms with van der Waals surface area (Å²) in [6, 6.07) is 2.14. The number of aryl methyl sites for hydroxylation is 1. The predicted octanol–water partition coefficient (Wildman–Crippen LogP) is 2.16. The molecule has 1 N–H and O–H groups in total. The van der Waals surface area contributed by atoms with Gasteiger partial charge in [0.25, 0.3) is 0 Å². The summed E-state index contributed by atoms with van der Waals surface area (Å²) in [5.41, 5.74) is -0.172. The molecule has 0 fully saturated rings. The minimum Gasteiger partial charge on any atom is -0.392 e. The standard InChI is InChI=1S/C9H10F3NO/c1-2-7-6(5-14)3-4-8(13-7)9(10,11)12/h3-4,14H,2,5H2,1H3. The SMILES string of the molecule is CCc1nc(C(F)(F)F)ccc1CO. The fraction of sp³-hybridized carbons (Fsp3) is 0.444. The average Bonchev–Trinajstić information content (AvgIpc) is 2.15. The second-order valence-electron chi connectivity index (χ2n) is 2.81. The van der Waals surface area contributed by atoms with E-state index < -0.39 is 11.9 Å². The number of aliphatic hydroxyl groups excluding tert-OH is 1. The highest BCUT2D eigenvalue weighted by Crippen LogP contribution is 2.28. The lowest BCUT2D eigenvalue weighted by atomic mass is 10.1. The van der Waals surface area contributed by atoms with Crippen LogP contribution in [0.2, 0.25) is 0 Å². The van der Waals surface area contributed by atoms with E-state index in [2.05, 4.69) is 4.98 Å². The molecule has 0 radical (unpaired) electrons. The van der Waals surface area contributed by atoms with Crippen LogP contribution in [0.5, 0.6) is 0 Å². The van der Waals surface area contributed by atoms with Crippen LogP contribution in [0.3, 0.4) is 0 Å². The Kier molecular flexibility index (Phi) is 3.10. The van der Waals surface area contributed by atoms with Crippen molar-refractivity contribution >= 4 is 0 Å². The van der Waals surface area contributed by atoms with Gasteiger partial charge in [-0.3, -0.25) is 0 Å². The number of nitrogens with zero attached hydrogens (tertiary/aromatic N) is 1. The van der Waals surface area contributed by atoms with E-state index >= 15 is 0 Å². The maximum Gasteiger partial charge on any atom is 0.433 e. The van der Waals surface area contributed by atoms with Crippen LogP contribution in [0, 0.1) is 0 Å². The van der Waals surface area contributed by atoms with E-state index in [9.17, 15) is 13.2 Å².